The molecule has 6 heteroatoms. The zero-order valence-corrected chi connectivity index (χ0v) is 14.8. The number of ether oxygens (including phenoxy) is 1. The van der Waals surface area contributed by atoms with Gasteiger partial charge in [0.05, 0.1) is 0 Å². The second-order valence-corrected chi connectivity index (χ2v) is 7.83. The Morgan fingerprint density at radius 3 is 2.77 bits per heavy atom. The normalized spacial score (nSPS) is 21.2. The number of nitrogens with zero attached hydrogens (tertiary/aromatic N) is 2. The molecular weight excluding hydrogens is 314 g/mol. The highest BCUT2D eigenvalue weighted by Gasteiger charge is 2.30. The predicted molar refractivity (Wildman–Crippen MR) is 92.8 cm³/mol. The van der Waals surface area contributed by atoms with Crippen LogP contribution in [0.2, 0.25) is 0 Å². The van der Waals surface area contributed by atoms with Gasteiger partial charge in [-0.15, -0.1) is 11.3 Å². The van der Waals surface area contributed by atoms with Crippen molar-refractivity contribution in [2.24, 2.45) is 0 Å². The summed E-state index contributed by atoms with van der Waals surface area (Å²) in [5, 5.41) is 4.38. The van der Waals surface area contributed by atoms with E-state index in [9.17, 15) is 0 Å². The van der Waals surface area contributed by atoms with Crippen LogP contribution in [-0.2, 0) is 4.74 Å². The number of hydrogen-bond donors (Lipinski definition) is 1. The molecule has 4 nitrogen and oxygen atoms in total. The van der Waals surface area contributed by atoms with Gasteiger partial charge in [0, 0.05) is 42.2 Å². The summed E-state index contributed by atoms with van der Waals surface area (Å²) in [6, 6.07) is 8.62. The summed E-state index contributed by atoms with van der Waals surface area (Å²) in [7, 11) is 4.11. The number of thioether (sulfide) groups is 1. The van der Waals surface area contributed by atoms with Crippen molar-refractivity contribution in [3.05, 3.63) is 40.9 Å². The van der Waals surface area contributed by atoms with Gasteiger partial charge in [-0.25, -0.2) is 4.98 Å². The highest BCUT2D eigenvalue weighted by Crippen LogP contribution is 2.26. The van der Waals surface area contributed by atoms with Gasteiger partial charge in [0.1, 0.15) is 17.0 Å². The van der Waals surface area contributed by atoms with Gasteiger partial charge in [-0.2, -0.15) is 0 Å². The molecule has 2 aromatic rings. The monoisotopic (exact) mass is 336 g/mol. The molecule has 1 fully saturated rings. The highest BCUT2D eigenvalue weighted by atomic mass is 32.2. The molecule has 1 aromatic heterocycles. The molecule has 0 aliphatic carbocycles. The van der Waals surface area contributed by atoms with Crippen LogP contribution in [0.4, 0.5) is 5.69 Å². The van der Waals surface area contributed by atoms with E-state index in [4.69, 9.17) is 4.74 Å². The molecule has 118 valence electrons. The molecule has 1 aliphatic rings. The van der Waals surface area contributed by atoms with Gasteiger partial charge in [-0.05, 0) is 31.2 Å². The second kappa shape index (κ2) is 7.00. The van der Waals surface area contributed by atoms with Crippen LogP contribution >= 0.6 is 23.1 Å². The van der Waals surface area contributed by atoms with Crippen molar-refractivity contribution < 1.29 is 10.1 Å². The van der Waals surface area contributed by atoms with Gasteiger partial charge in [0.25, 0.3) is 0 Å². The summed E-state index contributed by atoms with van der Waals surface area (Å²) in [5.74, 6) is 0.968. The van der Waals surface area contributed by atoms with E-state index in [-0.39, 0.29) is 12.3 Å². The van der Waals surface area contributed by atoms with E-state index in [0.29, 0.717) is 0 Å². The molecule has 1 aliphatic heterocycles. The molecule has 2 atom stereocenters. The van der Waals surface area contributed by atoms with E-state index in [1.54, 1.807) is 23.1 Å². The standard InChI is InChI=1S/C16H21N3OS2/c1-11-9-21-16(18-11)22-10-14-8-17-15(20-14)12-4-6-13(7-5-12)19(2)3/h4-7,9,14-15,17H,8,10H2,1-3H3/p+1/t14-,15+/m1/s1. The average Bonchev–Trinajstić information content (AvgIpc) is 3.14. The zero-order chi connectivity index (χ0) is 15.5. The first-order valence-electron chi connectivity index (χ1n) is 7.43. The maximum Gasteiger partial charge on any atom is 0.217 e. The van der Waals surface area contributed by atoms with Crippen LogP contribution in [0.25, 0.3) is 0 Å². The molecule has 0 spiro atoms. The van der Waals surface area contributed by atoms with Crippen LogP contribution in [-0.4, -0.2) is 37.5 Å². The first-order valence-corrected chi connectivity index (χ1v) is 9.29. The van der Waals surface area contributed by atoms with Crippen molar-refractivity contribution in [1.82, 2.24) is 4.98 Å². The number of nitrogens with two attached hydrogens (primary N) is 1. The Morgan fingerprint density at radius 2 is 2.14 bits per heavy atom. The number of hydrogen-bond acceptors (Lipinski definition) is 5. The lowest BCUT2D eigenvalue weighted by Crippen LogP contribution is -2.82. The van der Waals surface area contributed by atoms with Crippen molar-refractivity contribution in [1.29, 1.82) is 0 Å². The highest BCUT2D eigenvalue weighted by molar-refractivity contribution is 8.01. The largest absolute Gasteiger partial charge is 0.378 e. The quantitative estimate of drug-likeness (QED) is 0.851. The molecule has 1 saturated heterocycles. The van der Waals surface area contributed by atoms with Crippen LogP contribution in [0.1, 0.15) is 17.5 Å². The Kier molecular flexibility index (Phi) is 5.03. The number of quaternary nitrogens is 1. The van der Waals surface area contributed by atoms with Gasteiger partial charge in [0.15, 0.2) is 0 Å². The van der Waals surface area contributed by atoms with E-state index < -0.39 is 0 Å². The Balaban J connectivity index is 1.53. The van der Waals surface area contributed by atoms with E-state index >= 15 is 0 Å². The second-order valence-electron chi connectivity index (χ2n) is 5.70. The molecule has 1 aromatic carbocycles. The predicted octanol–water partition coefficient (Wildman–Crippen LogP) is 2.27. The first kappa shape index (κ1) is 15.8. The van der Waals surface area contributed by atoms with Gasteiger partial charge in [-0.3, -0.25) is 0 Å². The first-order chi connectivity index (χ1) is 10.6. The number of aromatic nitrogens is 1. The number of benzene rings is 1. The van der Waals surface area contributed by atoms with E-state index in [0.717, 1.165) is 22.3 Å². The number of aryl methyl sites for hydroxylation is 1. The minimum atomic E-state index is 0.125. The lowest BCUT2D eigenvalue weighted by Gasteiger charge is -2.14. The van der Waals surface area contributed by atoms with Crippen LogP contribution in [0, 0.1) is 6.92 Å². The molecular formula is C16H22N3OS2+. The van der Waals surface area contributed by atoms with E-state index in [2.05, 4.69) is 58.9 Å². The fourth-order valence-corrected chi connectivity index (χ4v) is 4.33. The molecule has 0 unspecified atom stereocenters. The minimum Gasteiger partial charge on any atom is -0.378 e. The van der Waals surface area contributed by atoms with Gasteiger partial charge in [0.2, 0.25) is 6.23 Å². The zero-order valence-electron chi connectivity index (χ0n) is 13.2. The van der Waals surface area contributed by atoms with Gasteiger partial charge >= 0.3 is 0 Å². The topological polar surface area (TPSA) is 42.0 Å². The molecule has 22 heavy (non-hydrogen) atoms. The number of anilines is 1. The van der Waals surface area contributed by atoms with Crippen LogP contribution in [0.5, 0.6) is 0 Å². The van der Waals surface area contributed by atoms with Crippen LogP contribution in [0.3, 0.4) is 0 Å². The van der Waals surface area contributed by atoms with Crippen molar-refractivity contribution >= 4 is 28.8 Å². The Bertz CT molecular complexity index is 612. The summed E-state index contributed by atoms with van der Waals surface area (Å²) in [5.41, 5.74) is 3.56. The molecule has 0 bridgehead atoms. The van der Waals surface area contributed by atoms with Gasteiger partial charge < -0.3 is 15.0 Å². The third-order valence-electron chi connectivity index (χ3n) is 3.68. The van der Waals surface area contributed by atoms with Crippen molar-refractivity contribution in [3.63, 3.8) is 0 Å². The number of rotatable bonds is 5. The third-order valence-corrected chi connectivity index (χ3v) is 5.95. The van der Waals surface area contributed by atoms with Crippen molar-refractivity contribution in [2.75, 3.05) is 31.3 Å². The van der Waals surface area contributed by atoms with E-state index in [1.165, 1.54) is 11.3 Å². The molecule has 3 rings (SSSR count). The lowest BCUT2D eigenvalue weighted by molar-refractivity contribution is -0.697. The molecule has 2 N–H and O–H groups in total. The summed E-state index contributed by atoms with van der Waals surface area (Å²) in [6.07, 6.45) is 0.410. The average molecular weight is 337 g/mol. The SMILES string of the molecule is Cc1csc(SC[C@H]2C[NH2+][C@H](c3ccc(N(C)C)cc3)O2)n1. The Hall–Kier alpha value is -1.08. The molecule has 0 amide bonds. The van der Waals surface area contributed by atoms with Crippen LogP contribution < -0.4 is 10.2 Å². The summed E-state index contributed by atoms with van der Waals surface area (Å²) >= 11 is 3.51. The molecule has 0 saturated carbocycles. The van der Waals surface area contributed by atoms with Gasteiger partial charge in [-0.1, -0.05) is 11.8 Å². The van der Waals surface area contributed by atoms with Crippen LogP contribution in [0.15, 0.2) is 34.0 Å². The maximum atomic E-state index is 6.16. The Morgan fingerprint density at radius 1 is 1.36 bits per heavy atom. The third kappa shape index (κ3) is 3.81. The summed E-state index contributed by atoms with van der Waals surface area (Å²) in [4.78, 5) is 6.60. The summed E-state index contributed by atoms with van der Waals surface area (Å²) in [6.45, 7) is 3.05. The molecule has 2 heterocycles. The molecule has 0 radical (unpaired) electrons. The number of thiazole rings is 1. The van der Waals surface area contributed by atoms with E-state index in [1.807, 2.05) is 6.92 Å². The summed E-state index contributed by atoms with van der Waals surface area (Å²) < 4.78 is 7.30. The van der Waals surface area contributed by atoms with Crippen molar-refractivity contribution in [3.8, 4) is 0 Å². The minimum absolute atomic E-state index is 0.125. The van der Waals surface area contributed by atoms with Crippen molar-refractivity contribution in [2.45, 2.75) is 23.6 Å². The fourth-order valence-electron chi connectivity index (χ4n) is 2.44. The lowest BCUT2D eigenvalue weighted by atomic mass is 10.2. The maximum absolute atomic E-state index is 6.16. The fraction of sp³-hybridized carbons (Fsp3) is 0.438. The smallest absolute Gasteiger partial charge is 0.217 e. The Labute approximate surface area is 139 Å².